The van der Waals surface area contributed by atoms with Crippen LogP contribution in [0.15, 0.2) is 54.7 Å². The lowest BCUT2D eigenvalue weighted by molar-refractivity contribution is -0.127. The fraction of sp³-hybridized carbons (Fsp3) is 0.292. The van der Waals surface area contributed by atoms with Crippen LogP contribution >= 0.6 is 0 Å². The second kappa shape index (κ2) is 9.47. The summed E-state index contributed by atoms with van der Waals surface area (Å²) in [5.74, 6) is 1.82. The number of rotatable bonds is 6. The number of amides is 1. The Morgan fingerprint density at radius 1 is 1.06 bits per heavy atom. The second-order valence-corrected chi connectivity index (χ2v) is 7.33. The standard InChI is InChI=1S/C24H25N3O4/c1-29-21-9-7-17(15-22(21)30-2)8-10-23(28)27-13-11-19(12-14-27)31-24-20-6-4-3-5-18(20)16-25-26-24/h3-10,15-16,19H,11-14H2,1-2H3/b10-8+. The third kappa shape index (κ3) is 4.77. The molecule has 1 aliphatic heterocycles. The molecule has 1 aliphatic rings. The van der Waals surface area contributed by atoms with Crippen LogP contribution in [0.4, 0.5) is 0 Å². The topological polar surface area (TPSA) is 73.8 Å². The molecule has 160 valence electrons. The average Bonchev–Trinajstić information content (AvgIpc) is 2.83. The largest absolute Gasteiger partial charge is 0.493 e. The number of methoxy groups -OCH3 is 2. The minimum atomic E-state index is -0.0156. The van der Waals surface area contributed by atoms with Crippen LogP contribution in [0.3, 0.4) is 0 Å². The molecule has 1 fully saturated rings. The maximum absolute atomic E-state index is 12.6. The van der Waals surface area contributed by atoms with E-state index in [4.69, 9.17) is 14.2 Å². The third-order valence-corrected chi connectivity index (χ3v) is 5.39. The number of carbonyl (C=O) groups is 1. The normalized spacial score (nSPS) is 14.7. The number of hydrogen-bond acceptors (Lipinski definition) is 6. The fourth-order valence-corrected chi connectivity index (χ4v) is 3.67. The van der Waals surface area contributed by atoms with Gasteiger partial charge < -0.3 is 19.1 Å². The van der Waals surface area contributed by atoms with Crippen molar-refractivity contribution >= 4 is 22.8 Å². The number of carbonyl (C=O) groups excluding carboxylic acids is 1. The first-order valence-electron chi connectivity index (χ1n) is 10.2. The van der Waals surface area contributed by atoms with Gasteiger partial charge in [0.05, 0.1) is 20.4 Å². The van der Waals surface area contributed by atoms with Gasteiger partial charge in [-0.3, -0.25) is 4.79 Å². The lowest BCUT2D eigenvalue weighted by Gasteiger charge is -2.31. The van der Waals surface area contributed by atoms with E-state index >= 15 is 0 Å². The van der Waals surface area contributed by atoms with E-state index in [1.54, 1.807) is 32.6 Å². The molecule has 0 bridgehead atoms. The van der Waals surface area contributed by atoms with Crippen LogP contribution in [0, 0.1) is 0 Å². The highest BCUT2D eigenvalue weighted by atomic mass is 16.5. The van der Waals surface area contributed by atoms with Gasteiger partial charge in [0, 0.05) is 42.8 Å². The first-order valence-corrected chi connectivity index (χ1v) is 10.2. The van der Waals surface area contributed by atoms with Crippen molar-refractivity contribution in [3.8, 4) is 17.4 Å². The number of piperidine rings is 1. The molecule has 7 heteroatoms. The van der Waals surface area contributed by atoms with Crippen LogP contribution < -0.4 is 14.2 Å². The Morgan fingerprint density at radius 3 is 2.61 bits per heavy atom. The molecule has 0 radical (unpaired) electrons. The van der Waals surface area contributed by atoms with Gasteiger partial charge in [0.25, 0.3) is 0 Å². The predicted octanol–water partition coefficient (Wildman–Crippen LogP) is 3.73. The minimum Gasteiger partial charge on any atom is -0.493 e. The monoisotopic (exact) mass is 419 g/mol. The Balaban J connectivity index is 1.34. The minimum absolute atomic E-state index is 0.0129. The smallest absolute Gasteiger partial charge is 0.246 e. The predicted molar refractivity (Wildman–Crippen MR) is 118 cm³/mol. The van der Waals surface area contributed by atoms with E-state index in [1.165, 1.54) is 0 Å². The Labute approximate surface area is 181 Å². The lowest BCUT2D eigenvalue weighted by atomic mass is 10.1. The van der Waals surface area contributed by atoms with Crippen LogP contribution in [0.25, 0.3) is 16.8 Å². The molecule has 3 aromatic rings. The van der Waals surface area contributed by atoms with Crippen molar-refractivity contribution < 1.29 is 19.0 Å². The van der Waals surface area contributed by atoms with Crippen molar-refractivity contribution in [3.63, 3.8) is 0 Å². The zero-order chi connectivity index (χ0) is 21.6. The van der Waals surface area contributed by atoms with E-state index in [0.29, 0.717) is 30.5 Å². The summed E-state index contributed by atoms with van der Waals surface area (Å²) in [7, 11) is 3.18. The molecule has 2 aromatic carbocycles. The van der Waals surface area contributed by atoms with E-state index in [9.17, 15) is 4.79 Å². The van der Waals surface area contributed by atoms with Gasteiger partial charge in [-0.15, -0.1) is 5.10 Å². The maximum atomic E-state index is 12.6. The van der Waals surface area contributed by atoms with Crippen molar-refractivity contribution in [2.45, 2.75) is 18.9 Å². The molecule has 0 atom stereocenters. The summed E-state index contributed by atoms with van der Waals surface area (Å²) in [5, 5.41) is 10.1. The van der Waals surface area contributed by atoms with Gasteiger partial charge in [0.1, 0.15) is 6.10 Å². The van der Waals surface area contributed by atoms with Crippen LogP contribution in [0.2, 0.25) is 0 Å². The molecule has 0 N–H and O–H groups in total. The van der Waals surface area contributed by atoms with Gasteiger partial charge in [-0.05, 0) is 29.8 Å². The Bertz CT molecular complexity index is 1090. The molecule has 1 aromatic heterocycles. The zero-order valence-electron chi connectivity index (χ0n) is 17.7. The molecule has 0 unspecified atom stereocenters. The molecular weight excluding hydrogens is 394 g/mol. The van der Waals surface area contributed by atoms with E-state index < -0.39 is 0 Å². The Hall–Kier alpha value is -3.61. The second-order valence-electron chi connectivity index (χ2n) is 7.33. The summed E-state index contributed by atoms with van der Waals surface area (Å²) in [6, 6.07) is 13.4. The SMILES string of the molecule is COc1ccc(/C=C/C(=O)N2CCC(Oc3nncc4ccccc34)CC2)cc1OC. The molecule has 31 heavy (non-hydrogen) atoms. The summed E-state index contributed by atoms with van der Waals surface area (Å²) < 4.78 is 16.7. The molecule has 1 saturated heterocycles. The van der Waals surface area contributed by atoms with Crippen molar-refractivity contribution in [2.75, 3.05) is 27.3 Å². The van der Waals surface area contributed by atoms with E-state index in [0.717, 1.165) is 29.2 Å². The lowest BCUT2D eigenvalue weighted by Crippen LogP contribution is -2.41. The summed E-state index contributed by atoms with van der Waals surface area (Å²) >= 11 is 0. The number of benzene rings is 2. The molecule has 0 spiro atoms. The van der Waals surface area contributed by atoms with Crippen molar-refractivity contribution in [2.24, 2.45) is 0 Å². The average molecular weight is 419 g/mol. The molecule has 2 heterocycles. The van der Waals surface area contributed by atoms with Crippen LogP contribution in [0.5, 0.6) is 17.4 Å². The summed E-state index contributed by atoms with van der Waals surface area (Å²) in [6.45, 7) is 1.27. The quantitative estimate of drug-likeness (QED) is 0.567. The molecule has 7 nitrogen and oxygen atoms in total. The number of likely N-dealkylation sites (tertiary alicyclic amines) is 1. The molecule has 0 aliphatic carbocycles. The Kier molecular flexibility index (Phi) is 6.31. The van der Waals surface area contributed by atoms with Crippen LogP contribution in [-0.2, 0) is 4.79 Å². The van der Waals surface area contributed by atoms with Gasteiger partial charge >= 0.3 is 0 Å². The Morgan fingerprint density at radius 2 is 1.84 bits per heavy atom. The van der Waals surface area contributed by atoms with E-state index in [-0.39, 0.29) is 12.0 Å². The summed E-state index contributed by atoms with van der Waals surface area (Å²) in [4.78, 5) is 14.4. The van der Waals surface area contributed by atoms with Gasteiger partial charge in [0.2, 0.25) is 11.8 Å². The van der Waals surface area contributed by atoms with Gasteiger partial charge in [0.15, 0.2) is 11.5 Å². The third-order valence-electron chi connectivity index (χ3n) is 5.39. The van der Waals surface area contributed by atoms with E-state index in [2.05, 4.69) is 10.2 Å². The fourth-order valence-electron chi connectivity index (χ4n) is 3.67. The summed E-state index contributed by atoms with van der Waals surface area (Å²) in [5.41, 5.74) is 0.874. The van der Waals surface area contributed by atoms with Crippen molar-refractivity contribution in [1.29, 1.82) is 0 Å². The van der Waals surface area contributed by atoms with Crippen LogP contribution in [0.1, 0.15) is 18.4 Å². The highest BCUT2D eigenvalue weighted by Gasteiger charge is 2.23. The molecule has 4 rings (SSSR count). The zero-order valence-corrected chi connectivity index (χ0v) is 17.7. The number of fused-ring (bicyclic) bond motifs is 1. The number of hydrogen-bond donors (Lipinski definition) is 0. The molecule has 1 amide bonds. The summed E-state index contributed by atoms with van der Waals surface area (Å²) in [6.07, 6.45) is 6.63. The van der Waals surface area contributed by atoms with Crippen molar-refractivity contribution in [1.82, 2.24) is 15.1 Å². The van der Waals surface area contributed by atoms with Gasteiger partial charge in [-0.1, -0.05) is 24.3 Å². The molecular formula is C24H25N3O4. The van der Waals surface area contributed by atoms with Gasteiger partial charge in [-0.2, -0.15) is 5.10 Å². The van der Waals surface area contributed by atoms with Crippen LogP contribution in [-0.4, -0.2) is 54.4 Å². The number of aromatic nitrogens is 2. The van der Waals surface area contributed by atoms with Gasteiger partial charge in [-0.25, -0.2) is 0 Å². The highest BCUT2D eigenvalue weighted by Crippen LogP contribution is 2.28. The first kappa shape index (κ1) is 20.7. The first-order chi connectivity index (χ1) is 15.2. The molecule has 0 saturated carbocycles. The van der Waals surface area contributed by atoms with E-state index in [1.807, 2.05) is 47.4 Å². The maximum Gasteiger partial charge on any atom is 0.246 e. The number of nitrogens with zero attached hydrogens (tertiary/aromatic N) is 3. The number of ether oxygens (including phenoxy) is 3. The van der Waals surface area contributed by atoms with Crippen molar-refractivity contribution in [3.05, 3.63) is 60.3 Å². The highest BCUT2D eigenvalue weighted by molar-refractivity contribution is 5.92.